The van der Waals surface area contributed by atoms with E-state index in [0.717, 1.165) is 5.69 Å². The number of hydrogen-bond donors (Lipinski definition) is 3. The first kappa shape index (κ1) is 13.4. The minimum Gasteiger partial charge on any atom is -0.399 e. The molecule has 0 radical (unpaired) electrons. The molecule has 1 rings (SSSR count). The molecule has 92 valence electrons. The van der Waals surface area contributed by atoms with E-state index in [1.165, 1.54) is 0 Å². The Morgan fingerprint density at radius 3 is 2.47 bits per heavy atom. The Kier molecular flexibility index (Phi) is 4.90. The highest BCUT2D eigenvalue weighted by molar-refractivity contribution is 7.80. The summed E-state index contributed by atoms with van der Waals surface area (Å²) in [7, 11) is 0. The van der Waals surface area contributed by atoms with E-state index in [4.69, 9.17) is 18.0 Å². The second kappa shape index (κ2) is 6.20. The van der Waals surface area contributed by atoms with Crippen molar-refractivity contribution < 1.29 is 4.79 Å². The van der Waals surface area contributed by atoms with Crippen molar-refractivity contribution in [3.63, 3.8) is 0 Å². The number of hydrogen-bond acceptors (Lipinski definition) is 3. The van der Waals surface area contributed by atoms with Gasteiger partial charge >= 0.3 is 0 Å². The summed E-state index contributed by atoms with van der Waals surface area (Å²) >= 11 is 5.02. The van der Waals surface area contributed by atoms with E-state index >= 15 is 0 Å². The van der Waals surface area contributed by atoms with Gasteiger partial charge in [0.2, 0.25) is 5.91 Å². The predicted molar refractivity (Wildman–Crippen MR) is 74.7 cm³/mol. The van der Waals surface area contributed by atoms with E-state index in [-0.39, 0.29) is 5.91 Å². The van der Waals surface area contributed by atoms with Crippen LogP contribution in [0.3, 0.4) is 0 Å². The molecule has 5 heteroatoms. The normalized spacial score (nSPS) is 10.1. The molecule has 1 amide bonds. The summed E-state index contributed by atoms with van der Waals surface area (Å²) in [5.41, 5.74) is 7.05. The molecule has 0 aliphatic heterocycles. The fourth-order valence-electron chi connectivity index (χ4n) is 1.28. The second-order valence-corrected chi connectivity index (χ2v) is 4.63. The molecule has 0 unspecified atom stereocenters. The van der Waals surface area contributed by atoms with Crippen LogP contribution in [0.15, 0.2) is 24.3 Å². The molecule has 4 N–H and O–H groups in total. The summed E-state index contributed by atoms with van der Waals surface area (Å²) in [6, 6.07) is 7.13. The van der Waals surface area contributed by atoms with Crippen molar-refractivity contribution in [1.29, 1.82) is 0 Å². The van der Waals surface area contributed by atoms with E-state index in [1.54, 1.807) is 24.3 Å². The molecule has 0 heterocycles. The SMILES string of the molecule is CC(C)CC(=O)NC(=S)Nc1ccc(N)cc1. The number of anilines is 2. The van der Waals surface area contributed by atoms with Crippen molar-refractivity contribution >= 4 is 34.6 Å². The van der Waals surface area contributed by atoms with Gasteiger partial charge in [0.05, 0.1) is 0 Å². The first-order valence-electron chi connectivity index (χ1n) is 5.43. The quantitative estimate of drug-likeness (QED) is 0.568. The summed E-state index contributed by atoms with van der Waals surface area (Å²) in [4.78, 5) is 11.4. The van der Waals surface area contributed by atoms with E-state index in [2.05, 4.69) is 10.6 Å². The molecule has 0 saturated heterocycles. The molecule has 0 spiro atoms. The molecule has 0 aromatic heterocycles. The maximum Gasteiger partial charge on any atom is 0.226 e. The fraction of sp³-hybridized carbons (Fsp3) is 0.333. The van der Waals surface area contributed by atoms with Crippen molar-refractivity contribution in [2.45, 2.75) is 20.3 Å². The Morgan fingerprint density at radius 1 is 1.35 bits per heavy atom. The van der Waals surface area contributed by atoms with Crippen molar-refractivity contribution in [3.8, 4) is 0 Å². The number of rotatable bonds is 3. The van der Waals surface area contributed by atoms with E-state index in [0.29, 0.717) is 23.1 Å². The zero-order valence-electron chi connectivity index (χ0n) is 9.99. The van der Waals surface area contributed by atoms with Crippen molar-refractivity contribution in [2.24, 2.45) is 5.92 Å². The Labute approximate surface area is 107 Å². The number of nitrogens with two attached hydrogens (primary N) is 1. The van der Waals surface area contributed by atoms with Crippen LogP contribution in [-0.4, -0.2) is 11.0 Å². The van der Waals surface area contributed by atoms with E-state index in [1.807, 2.05) is 13.8 Å². The van der Waals surface area contributed by atoms with Gasteiger partial charge < -0.3 is 16.4 Å². The number of nitrogen functional groups attached to an aromatic ring is 1. The molecular formula is C12H17N3OS. The number of nitrogens with one attached hydrogen (secondary N) is 2. The number of thiocarbonyl (C=S) groups is 1. The maximum absolute atomic E-state index is 11.4. The predicted octanol–water partition coefficient (Wildman–Crippen LogP) is 2.13. The highest BCUT2D eigenvalue weighted by atomic mass is 32.1. The third kappa shape index (κ3) is 5.31. The molecular weight excluding hydrogens is 234 g/mol. The van der Waals surface area contributed by atoms with Gasteiger partial charge in [0, 0.05) is 17.8 Å². The van der Waals surface area contributed by atoms with Crippen LogP contribution >= 0.6 is 12.2 Å². The van der Waals surface area contributed by atoms with Gasteiger partial charge in [-0.15, -0.1) is 0 Å². The Balaban J connectivity index is 2.44. The minimum absolute atomic E-state index is 0.0760. The lowest BCUT2D eigenvalue weighted by Crippen LogP contribution is -2.34. The van der Waals surface area contributed by atoms with Crippen LogP contribution in [0.4, 0.5) is 11.4 Å². The Hall–Kier alpha value is -1.62. The zero-order chi connectivity index (χ0) is 12.8. The highest BCUT2D eigenvalue weighted by Gasteiger charge is 2.06. The lowest BCUT2D eigenvalue weighted by molar-refractivity contribution is -0.120. The number of amides is 1. The van der Waals surface area contributed by atoms with Crippen LogP contribution < -0.4 is 16.4 Å². The zero-order valence-corrected chi connectivity index (χ0v) is 10.8. The smallest absolute Gasteiger partial charge is 0.226 e. The lowest BCUT2D eigenvalue weighted by Gasteiger charge is -2.10. The molecule has 0 bridgehead atoms. The van der Waals surface area contributed by atoms with Crippen LogP contribution in [0.2, 0.25) is 0 Å². The van der Waals surface area contributed by atoms with Crippen LogP contribution in [-0.2, 0) is 4.79 Å². The minimum atomic E-state index is -0.0760. The number of carbonyl (C=O) groups excluding carboxylic acids is 1. The van der Waals surface area contributed by atoms with Crippen molar-refractivity contribution in [1.82, 2.24) is 5.32 Å². The summed E-state index contributed by atoms with van der Waals surface area (Å²) in [6.07, 6.45) is 0.462. The first-order valence-corrected chi connectivity index (χ1v) is 5.84. The monoisotopic (exact) mass is 251 g/mol. The Morgan fingerprint density at radius 2 is 1.94 bits per heavy atom. The van der Waals surface area contributed by atoms with Gasteiger partial charge in [-0.3, -0.25) is 4.79 Å². The number of benzene rings is 1. The van der Waals surface area contributed by atoms with Gasteiger partial charge in [0.25, 0.3) is 0 Å². The van der Waals surface area contributed by atoms with Gasteiger partial charge in [-0.1, -0.05) is 13.8 Å². The van der Waals surface area contributed by atoms with E-state index in [9.17, 15) is 4.79 Å². The molecule has 0 aliphatic carbocycles. The highest BCUT2D eigenvalue weighted by Crippen LogP contribution is 2.10. The van der Waals surface area contributed by atoms with Gasteiger partial charge in [0.1, 0.15) is 0 Å². The van der Waals surface area contributed by atoms with Crippen LogP contribution in [0.1, 0.15) is 20.3 Å². The summed E-state index contributed by atoms with van der Waals surface area (Å²) in [5, 5.41) is 5.85. The summed E-state index contributed by atoms with van der Waals surface area (Å²) in [5.74, 6) is 0.238. The number of carbonyl (C=O) groups is 1. The summed E-state index contributed by atoms with van der Waals surface area (Å²) < 4.78 is 0. The maximum atomic E-state index is 11.4. The topological polar surface area (TPSA) is 67.2 Å². The molecule has 0 aliphatic rings. The summed E-state index contributed by atoms with van der Waals surface area (Å²) in [6.45, 7) is 3.96. The standard InChI is InChI=1S/C12H17N3OS/c1-8(2)7-11(16)15-12(17)14-10-5-3-9(13)4-6-10/h3-6,8H,7,13H2,1-2H3,(H2,14,15,16,17). The molecule has 1 aromatic carbocycles. The van der Waals surface area contributed by atoms with Gasteiger partial charge in [-0.05, 0) is 42.4 Å². The molecule has 0 atom stereocenters. The molecule has 4 nitrogen and oxygen atoms in total. The van der Waals surface area contributed by atoms with E-state index < -0.39 is 0 Å². The van der Waals surface area contributed by atoms with Crippen LogP contribution in [0.25, 0.3) is 0 Å². The second-order valence-electron chi connectivity index (χ2n) is 4.22. The lowest BCUT2D eigenvalue weighted by atomic mass is 10.1. The average molecular weight is 251 g/mol. The van der Waals surface area contributed by atoms with Crippen molar-refractivity contribution in [3.05, 3.63) is 24.3 Å². The fourth-order valence-corrected chi connectivity index (χ4v) is 1.51. The third-order valence-electron chi connectivity index (χ3n) is 2.02. The molecule has 0 fully saturated rings. The molecule has 1 aromatic rings. The average Bonchev–Trinajstić information content (AvgIpc) is 2.19. The Bertz CT molecular complexity index is 401. The van der Waals surface area contributed by atoms with Crippen LogP contribution in [0.5, 0.6) is 0 Å². The molecule has 0 saturated carbocycles. The van der Waals surface area contributed by atoms with Gasteiger partial charge in [-0.2, -0.15) is 0 Å². The largest absolute Gasteiger partial charge is 0.399 e. The first-order chi connectivity index (χ1) is 7.97. The third-order valence-corrected chi connectivity index (χ3v) is 2.22. The van der Waals surface area contributed by atoms with Crippen molar-refractivity contribution in [2.75, 3.05) is 11.1 Å². The van der Waals surface area contributed by atoms with Gasteiger partial charge in [-0.25, -0.2) is 0 Å². The molecule has 17 heavy (non-hydrogen) atoms. The van der Waals surface area contributed by atoms with Crippen LogP contribution in [0, 0.1) is 5.92 Å². The van der Waals surface area contributed by atoms with Gasteiger partial charge in [0.15, 0.2) is 5.11 Å².